The predicted octanol–water partition coefficient (Wildman–Crippen LogP) is 1.08. The highest BCUT2D eigenvalue weighted by molar-refractivity contribution is 7.84. The Morgan fingerprint density at radius 3 is 2.56 bits per heavy atom. The van der Waals surface area contributed by atoms with Crippen molar-refractivity contribution in [2.45, 2.75) is 25.0 Å². The first kappa shape index (κ1) is 14.7. The molecule has 2 unspecified atom stereocenters. The number of nitrogens with two attached hydrogens (primary N) is 1. The molecule has 0 aliphatic heterocycles. The maximum atomic E-state index is 11.6. The molecule has 3 N–H and O–H groups in total. The summed E-state index contributed by atoms with van der Waals surface area (Å²) < 4.78 is 11.1. The number of hydrogen-bond donors (Lipinski definition) is 2. The molecule has 0 aliphatic rings. The summed E-state index contributed by atoms with van der Waals surface area (Å²) in [4.78, 5) is 11.6. The van der Waals surface area contributed by atoms with Gasteiger partial charge in [-0.2, -0.15) is 0 Å². The van der Waals surface area contributed by atoms with Gasteiger partial charge in [0.15, 0.2) is 0 Å². The van der Waals surface area contributed by atoms with E-state index in [0.29, 0.717) is 18.7 Å². The highest BCUT2D eigenvalue weighted by atomic mass is 32.2. The molecule has 1 amide bonds. The van der Waals surface area contributed by atoms with E-state index in [0.717, 1.165) is 12.0 Å². The smallest absolute Gasteiger partial charge is 0.224 e. The second kappa shape index (κ2) is 7.16. The zero-order valence-corrected chi connectivity index (χ0v) is 11.6. The summed E-state index contributed by atoms with van der Waals surface area (Å²) in [5.74, 6) is -0.0196. The molecule has 0 heterocycles. The van der Waals surface area contributed by atoms with Crippen LogP contribution in [0.2, 0.25) is 0 Å². The highest BCUT2D eigenvalue weighted by Crippen LogP contribution is 2.06. The molecule has 100 valence electrons. The third-order valence-corrected chi connectivity index (χ3v) is 4.15. The van der Waals surface area contributed by atoms with Crippen molar-refractivity contribution in [1.29, 1.82) is 0 Å². The van der Waals surface area contributed by atoms with Crippen LogP contribution >= 0.6 is 0 Å². The minimum Gasteiger partial charge on any atom is -0.399 e. The minimum absolute atomic E-state index is 0.0196. The van der Waals surface area contributed by atoms with Crippen molar-refractivity contribution >= 4 is 22.4 Å². The maximum Gasteiger partial charge on any atom is 0.224 e. The second-order valence-electron chi connectivity index (χ2n) is 4.37. The molecular formula is C13H20N2O2S. The van der Waals surface area contributed by atoms with E-state index in [4.69, 9.17) is 5.73 Å². The van der Waals surface area contributed by atoms with E-state index in [-0.39, 0.29) is 11.2 Å². The zero-order chi connectivity index (χ0) is 13.5. The standard InChI is InChI=1S/C13H20N2O2S/c1-10(18(2)17)7-8-15-13(16)9-11-3-5-12(14)6-4-11/h3-6,10H,7-9,14H2,1-2H3,(H,15,16). The van der Waals surface area contributed by atoms with Gasteiger partial charge in [-0.3, -0.25) is 9.00 Å². The first-order valence-electron chi connectivity index (χ1n) is 5.92. The number of nitrogen functional groups attached to an aromatic ring is 1. The van der Waals surface area contributed by atoms with Crippen molar-refractivity contribution in [3.63, 3.8) is 0 Å². The van der Waals surface area contributed by atoms with Crippen LogP contribution in [0.4, 0.5) is 5.69 Å². The van der Waals surface area contributed by atoms with Crippen molar-refractivity contribution in [3.05, 3.63) is 29.8 Å². The Labute approximate surface area is 110 Å². The first-order chi connectivity index (χ1) is 8.49. The van der Waals surface area contributed by atoms with Crippen LogP contribution in [0.15, 0.2) is 24.3 Å². The van der Waals surface area contributed by atoms with E-state index in [1.165, 1.54) is 0 Å². The fraction of sp³-hybridized carbons (Fsp3) is 0.462. The van der Waals surface area contributed by atoms with Crippen LogP contribution in [0.1, 0.15) is 18.9 Å². The van der Waals surface area contributed by atoms with E-state index < -0.39 is 10.8 Å². The predicted molar refractivity (Wildman–Crippen MR) is 75.7 cm³/mol. The monoisotopic (exact) mass is 268 g/mol. The third kappa shape index (κ3) is 5.31. The van der Waals surface area contributed by atoms with Gasteiger partial charge >= 0.3 is 0 Å². The van der Waals surface area contributed by atoms with Crippen molar-refractivity contribution in [2.75, 3.05) is 18.5 Å². The van der Waals surface area contributed by atoms with Gasteiger partial charge < -0.3 is 11.1 Å². The Kier molecular flexibility index (Phi) is 5.85. The summed E-state index contributed by atoms with van der Waals surface area (Å²) in [6.07, 6.45) is 2.77. The largest absolute Gasteiger partial charge is 0.399 e. The molecule has 1 aromatic rings. The van der Waals surface area contributed by atoms with Gasteiger partial charge in [0.2, 0.25) is 5.91 Å². The van der Waals surface area contributed by atoms with E-state index in [1.54, 1.807) is 18.4 Å². The number of rotatable bonds is 6. The Morgan fingerprint density at radius 1 is 1.39 bits per heavy atom. The second-order valence-corrected chi connectivity index (χ2v) is 6.17. The van der Waals surface area contributed by atoms with Crippen LogP contribution in [0.5, 0.6) is 0 Å². The number of anilines is 1. The number of nitrogens with one attached hydrogen (secondary N) is 1. The van der Waals surface area contributed by atoms with Gasteiger partial charge in [-0.15, -0.1) is 0 Å². The molecule has 0 spiro atoms. The maximum absolute atomic E-state index is 11.6. The lowest BCUT2D eigenvalue weighted by Gasteiger charge is -2.09. The summed E-state index contributed by atoms with van der Waals surface area (Å²) in [5, 5.41) is 2.94. The van der Waals surface area contributed by atoms with Crippen LogP contribution in [-0.2, 0) is 22.0 Å². The normalized spacial score (nSPS) is 13.9. The van der Waals surface area contributed by atoms with Gasteiger partial charge in [-0.25, -0.2) is 0 Å². The van der Waals surface area contributed by atoms with Crippen LogP contribution < -0.4 is 11.1 Å². The highest BCUT2D eigenvalue weighted by Gasteiger charge is 2.07. The molecule has 0 aromatic heterocycles. The molecule has 0 radical (unpaired) electrons. The molecule has 1 aromatic carbocycles. The Balaban J connectivity index is 2.30. The van der Waals surface area contributed by atoms with Crippen molar-refractivity contribution < 1.29 is 9.00 Å². The fourth-order valence-corrected chi connectivity index (χ4v) is 1.91. The Morgan fingerprint density at radius 2 is 2.00 bits per heavy atom. The average molecular weight is 268 g/mol. The molecule has 1 rings (SSSR count). The molecule has 0 fully saturated rings. The SMILES string of the molecule is CC(CCNC(=O)Cc1ccc(N)cc1)S(C)=O. The number of benzene rings is 1. The molecule has 0 bridgehead atoms. The van der Waals surface area contributed by atoms with Gasteiger partial charge in [0.1, 0.15) is 0 Å². The van der Waals surface area contributed by atoms with Crippen LogP contribution in [0.3, 0.4) is 0 Å². The lowest BCUT2D eigenvalue weighted by atomic mass is 10.1. The van der Waals surface area contributed by atoms with E-state index in [9.17, 15) is 9.00 Å². The third-order valence-electron chi connectivity index (χ3n) is 2.78. The molecule has 2 atom stereocenters. The van der Waals surface area contributed by atoms with Crippen molar-refractivity contribution in [1.82, 2.24) is 5.32 Å². The van der Waals surface area contributed by atoms with Gasteiger partial charge in [-0.1, -0.05) is 19.1 Å². The summed E-state index contributed by atoms with van der Waals surface area (Å²) in [6, 6.07) is 7.26. The molecule has 18 heavy (non-hydrogen) atoms. The molecule has 0 saturated heterocycles. The van der Waals surface area contributed by atoms with Gasteiger partial charge in [0.25, 0.3) is 0 Å². The average Bonchev–Trinajstić information content (AvgIpc) is 2.32. The Bertz CT molecular complexity index is 418. The zero-order valence-electron chi connectivity index (χ0n) is 10.8. The summed E-state index contributed by atoms with van der Waals surface area (Å²) in [6.45, 7) is 2.48. The van der Waals surface area contributed by atoms with Gasteiger partial charge in [-0.05, 0) is 24.1 Å². The quantitative estimate of drug-likeness (QED) is 0.758. The van der Waals surface area contributed by atoms with Crippen LogP contribution in [0, 0.1) is 0 Å². The lowest BCUT2D eigenvalue weighted by Crippen LogP contribution is -2.28. The Hall–Kier alpha value is -1.36. The minimum atomic E-state index is -0.831. The van der Waals surface area contributed by atoms with Crippen molar-refractivity contribution in [2.24, 2.45) is 0 Å². The number of amides is 1. The molecule has 5 heteroatoms. The van der Waals surface area contributed by atoms with E-state index in [1.807, 2.05) is 19.1 Å². The van der Waals surface area contributed by atoms with Crippen molar-refractivity contribution in [3.8, 4) is 0 Å². The molecule has 0 aliphatic carbocycles. The van der Waals surface area contributed by atoms with Crippen LogP contribution in [-0.4, -0.2) is 28.2 Å². The van der Waals surface area contributed by atoms with Crippen LogP contribution in [0.25, 0.3) is 0 Å². The summed E-state index contributed by atoms with van der Waals surface area (Å²) >= 11 is 0. The van der Waals surface area contributed by atoms with E-state index >= 15 is 0 Å². The van der Waals surface area contributed by atoms with Gasteiger partial charge in [0.05, 0.1) is 6.42 Å². The van der Waals surface area contributed by atoms with Gasteiger partial charge in [0, 0.05) is 34.5 Å². The first-order valence-corrected chi connectivity index (χ1v) is 7.54. The fourth-order valence-electron chi connectivity index (χ4n) is 1.46. The number of carbonyl (C=O) groups excluding carboxylic acids is 1. The number of carbonyl (C=O) groups is 1. The molecular weight excluding hydrogens is 248 g/mol. The summed E-state index contributed by atoms with van der Waals surface area (Å²) in [5.41, 5.74) is 7.20. The van der Waals surface area contributed by atoms with E-state index in [2.05, 4.69) is 5.32 Å². The molecule has 4 nitrogen and oxygen atoms in total. The summed E-state index contributed by atoms with van der Waals surface area (Å²) in [7, 11) is -0.831. The lowest BCUT2D eigenvalue weighted by molar-refractivity contribution is -0.120. The molecule has 0 saturated carbocycles. The topological polar surface area (TPSA) is 72.2 Å². The number of hydrogen-bond acceptors (Lipinski definition) is 3.